The number of aliphatic hydroxyl groups excluding tert-OH is 1. The van der Waals surface area contributed by atoms with Crippen LogP contribution in [0.15, 0.2) is 24.3 Å². The van der Waals surface area contributed by atoms with Gasteiger partial charge in [-0.15, -0.1) is 0 Å². The number of carbonyl (C=O) groups is 3. The van der Waals surface area contributed by atoms with Crippen molar-refractivity contribution < 1.29 is 24.2 Å². The second-order valence-corrected chi connectivity index (χ2v) is 13.1. The molecule has 0 saturated carbocycles. The quantitative estimate of drug-likeness (QED) is 0.416. The van der Waals surface area contributed by atoms with Crippen LogP contribution in [-0.4, -0.2) is 93.6 Å². The van der Waals surface area contributed by atoms with Crippen LogP contribution in [0.4, 0.5) is 0 Å². The minimum atomic E-state index is -1.22. The first kappa shape index (κ1) is 27.8. The summed E-state index contributed by atoms with van der Waals surface area (Å²) in [5.41, 5.74) is -2.63. The van der Waals surface area contributed by atoms with E-state index in [0.29, 0.717) is 38.9 Å². The van der Waals surface area contributed by atoms with Crippen LogP contribution in [-0.2, 0) is 19.1 Å². The van der Waals surface area contributed by atoms with Crippen LogP contribution in [0.25, 0.3) is 0 Å². The number of carbonyl (C=O) groups excluding carboxylic acids is 3. The molecule has 8 heteroatoms. The molecule has 1 unspecified atom stereocenters. The lowest BCUT2D eigenvalue weighted by molar-refractivity contribution is -0.157. The van der Waals surface area contributed by atoms with Crippen molar-refractivity contribution in [3.8, 4) is 0 Å². The van der Waals surface area contributed by atoms with Crippen molar-refractivity contribution in [3.63, 3.8) is 0 Å². The minimum absolute atomic E-state index is 0.00253. The molecular formula is C29H45N3O5. The van der Waals surface area contributed by atoms with Crippen molar-refractivity contribution in [1.29, 1.82) is 0 Å². The highest BCUT2D eigenvalue weighted by Gasteiger charge is 2.75. The van der Waals surface area contributed by atoms with E-state index < -0.39 is 34.6 Å². The topological polar surface area (TPSA) is 90.4 Å². The van der Waals surface area contributed by atoms with E-state index in [9.17, 15) is 19.5 Å². The van der Waals surface area contributed by atoms with Crippen LogP contribution >= 0.6 is 0 Å². The van der Waals surface area contributed by atoms with Crippen molar-refractivity contribution in [2.24, 2.45) is 17.3 Å². The van der Waals surface area contributed by atoms with Gasteiger partial charge >= 0.3 is 0 Å². The van der Waals surface area contributed by atoms with E-state index in [1.807, 2.05) is 36.1 Å². The number of ether oxygens (including phenoxy) is 1. The van der Waals surface area contributed by atoms with Gasteiger partial charge in [-0.05, 0) is 44.9 Å². The molecule has 4 heterocycles. The maximum atomic E-state index is 14.5. The molecule has 4 rings (SSSR count). The monoisotopic (exact) mass is 515 g/mol. The smallest absolute Gasteiger partial charge is 0.249 e. The molecule has 2 saturated heterocycles. The van der Waals surface area contributed by atoms with E-state index >= 15 is 0 Å². The van der Waals surface area contributed by atoms with Crippen LogP contribution in [0.5, 0.6) is 0 Å². The van der Waals surface area contributed by atoms with Gasteiger partial charge in [-0.3, -0.25) is 14.4 Å². The number of likely N-dealkylation sites (N-methyl/N-ethyl adjacent to an activating group) is 1. The van der Waals surface area contributed by atoms with Crippen molar-refractivity contribution in [2.45, 2.75) is 90.0 Å². The standard InChI is InChI=1S/C29H45N3O5/c1-8-28-13-11-15-30(7)23(34)20(28)21-24(35)31(16-9-10-18-33)22-25(36)32(17-12-14-29(21,22)37-28)27(5,6)19-26(2,3)4/h11-14,20-22,33H,8-10,15-19H2,1-7H3/t20-,21+,22?,28+,29+/m1/s1. The normalized spacial score (nSPS) is 34.0. The molecule has 3 amide bonds. The summed E-state index contributed by atoms with van der Waals surface area (Å²) in [6, 6.07) is -0.858. The van der Waals surface area contributed by atoms with Crippen LogP contribution in [0, 0.1) is 17.3 Å². The van der Waals surface area contributed by atoms with Gasteiger partial charge in [0, 0.05) is 38.8 Å². The Bertz CT molecular complexity index is 998. The molecule has 0 bridgehead atoms. The summed E-state index contributed by atoms with van der Waals surface area (Å²) in [5.74, 6) is -1.94. The highest BCUT2D eigenvalue weighted by Crippen LogP contribution is 2.58. The van der Waals surface area contributed by atoms with Crippen molar-refractivity contribution in [3.05, 3.63) is 24.3 Å². The SMILES string of the molecule is CC[C@]12C=CCN(C)C(=O)[C@H]1[C@H]1C(=O)N(CCCCO)C3C(=O)N(C(C)(C)CC(C)(C)C)CC=C[C@@]31O2. The zero-order valence-corrected chi connectivity index (χ0v) is 23.6. The largest absolute Gasteiger partial charge is 0.396 e. The molecule has 0 aliphatic carbocycles. The summed E-state index contributed by atoms with van der Waals surface area (Å²) in [6.45, 7) is 13.9. The molecule has 1 spiro atoms. The Morgan fingerprint density at radius 1 is 0.973 bits per heavy atom. The molecule has 37 heavy (non-hydrogen) atoms. The molecule has 2 fully saturated rings. The fourth-order valence-electron chi connectivity index (χ4n) is 7.45. The number of likely N-dealkylation sites (tertiary alicyclic amines) is 1. The van der Waals surface area contributed by atoms with Gasteiger partial charge in [-0.25, -0.2) is 0 Å². The van der Waals surface area contributed by atoms with Crippen molar-refractivity contribution in [1.82, 2.24) is 14.7 Å². The lowest BCUT2D eigenvalue weighted by Gasteiger charge is -2.45. The van der Waals surface area contributed by atoms with Crippen molar-refractivity contribution in [2.75, 3.05) is 33.3 Å². The third-order valence-electron chi connectivity index (χ3n) is 8.64. The number of hydrogen-bond acceptors (Lipinski definition) is 5. The van der Waals surface area contributed by atoms with Crippen LogP contribution in [0.3, 0.4) is 0 Å². The van der Waals surface area contributed by atoms with Gasteiger partial charge in [0.15, 0.2) is 0 Å². The second kappa shape index (κ2) is 9.53. The first-order chi connectivity index (χ1) is 17.2. The second-order valence-electron chi connectivity index (χ2n) is 13.1. The molecule has 0 radical (unpaired) electrons. The van der Waals surface area contributed by atoms with Gasteiger partial charge in [-0.1, -0.05) is 52.0 Å². The van der Waals surface area contributed by atoms with Crippen molar-refractivity contribution >= 4 is 17.7 Å². The highest BCUT2D eigenvalue weighted by atomic mass is 16.5. The summed E-state index contributed by atoms with van der Waals surface area (Å²) in [5, 5.41) is 9.40. The third kappa shape index (κ3) is 4.44. The number of fused-ring (bicyclic) bond motifs is 2. The Morgan fingerprint density at radius 3 is 2.27 bits per heavy atom. The Hall–Kier alpha value is -2.19. The molecular weight excluding hydrogens is 470 g/mol. The zero-order valence-electron chi connectivity index (χ0n) is 23.6. The molecule has 4 aliphatic rings. The van der Waals surface area contributed by atoms with Gasteiger partial charge in [0.2, 0.25) is 17.7 Å². The number of aliphatic hydroxyl groups is 1. The molecule has 5 atom stereocenters. The molecule has 4 aliphatic heterocycles. The molecule has 1 N–H and O–H groups in total. The zero-order chi connectivity index (χ0) is 27.4. The maximum absolute atomic E-state index is 14.5. The van der Waals surface area contributed by atoms with E-state index in [1.54, 1.807) is 16.8 Å². The highest BCUT2D eigenvalue weighted by molar-refractivity contribution is 6.00. The van der Waals surface area contributed by atoms with Crippen LogP contribution < -0.4 is 0 Å². The predicted molar refractivity (Wildman–Crippen MR) is 141 cm³/mol. The minimum Gasteiger partial charge on any atom is -0.396 e. The first-order valence-electron chi connectivity index (χ1n) is 13.8. The van der Waals surface area contributed by atoms with Gasteiger partial charge in [0.1, 0.15) is 11.6 Å². The lowest BCUT2D eigenvalue weighted by Crippen LogP contribution is -2.60. The van der Waals surface area contributed by atoms with Gasteiger partial charge in [0.25, 0.3) is 0 Å². The number of rotatable bonds is 7. The molecule has 0 aromatic rings. The van der Waals surface area contributed by atoms with Crippen LogP contribution in [0.2, 0.25) is 0 Å². The number of nitrogens with zero attached hydrogens (tertiary/aromatic N) is 3. The third-order valence-corrected chi connectivity index (χ3v) is 8.64. The van der Waals surface area contributed by atoms with Gasteiger partial charge in [0.05, 0.1) is 17.4 Å². The molecule has 8 nitrogen and oxygen atoms in total. The number of hydrogen-bond donors (Lipinski definition) is 1. The summed E-state index contributed by atoms with van der Waals surface area (Å²) in [7, 11) is 1.75. The Morgan fingerprint density at radius 2 is 1.65 bits per heavy atom. The lowest BCUT2D eigenvalue weighted by atomic mass is 9.73. The average Bonchev–Trinajstić information content (AvgIpc) is 3.08. The van der Waals surface area contributed by atoms with E-state index in [1.165, 1.54) is 0 Å². The summed E-state index contributed by atoms with van der Waals surface area (Å²) >= 11 is 0. The van der Waals surface area contributed by atoms with E-state index in [4.69, 9.17) is 4.74 Å². The molecule has 0 aromatic carbocycles. The fraction of sp³-hybridized carbons (Fsp3) is 0.759. The Balaban J connectivity index is 1.85. The van der Waals surface area contributed by atoms with Crippen LogP contribution in [0.1, 0.15) is 67.2 Å². The number of amides is 3. The number of unbranched alkanes of at least 4 members (excludes halogenated alkanes) is 1. The predicted octanol–water partition coefficient (Wildman–Crippen LogP) is 2.76. The van der Waals surface area contributed by atoms with Gasteiger partial charge < -0.3 is 24.5 Å². The Kier molecular flexibility index (Phi) is 7.17. The first-order valence-corrected chi connectivity index (χ1v) is 13.8. The average molecular weight is 516 g/mol. The summed E-state index contributed by atoms with van der Waals surface area (Å²) in [4.78, 5) is 47.7. The maximum Gasteiger partial charge on any atom is 0.249 e. The summed E-state index contributed by atoms with van der Waals surface area (Å²) < 4.78 is 6.96. The fourth-order valence-corrected chi connectivity index (χ4v) is 7.45. The molecule has 0 aromatic heterocycles. The van der Waals surface area contributed by atoms with E-state index in [-0.39, 0.29) is 29.7 Å². The van der Waals surface area contributed by atoms with E-state index in [2.05, 4.69) is 34.6 Å². The van der Waals surface area contributed by atoms with Gasteiger partial charge in [-0.2, -0.15) is 0 Å². The van der Waals surface area contributed by atoms with E-state index in [0.717, 1.165) is 6.42 Å². The molecule has 206 valence electrons. The Labute approximate surface area is 221 Å². The summed E-state index contributed by atoms with van der Waals surface area (Å²) in [6.07, 6.45) is 10.2.